The number of aliphatic imine (C=N–C) groups is 1. The van der Waals surface area contributed by atoms with E-state index >= 15 is 0 Å². The maximum absolute atomic E-state index is 12.2. The third-order valence-electron chi connectivity index (χ3n) is 3.84. The first kappa shape index (κ1) is 19.5. The molecule has 0 aromatic heterocycles. The topological polar surface area (TPSA) is 50.7 Å². The van der Waals surface area contributed by atoms with Crippen LogP contribution >= 0.6 is 27.7 Å². The van der Waals surface area contributed by atoms with Gasteiger partial charge in [0.2, 0.25) is 0 Å². The Balaban J connectivity index is 1.75. The van der Waals surface area contributed by atoms with Crippen molar-refractivity contribution in [3.05, 3.63) is 75.6 Å². The van der Waals surface area contributed by atoms with Crippen molar-refractivity contribution in [1.29, 1.82) is 0 Å². The average Bonchev–Trinajstić information content (AvgIpc) is 3.00. The predicted molar refractivity (Wildman–Crippen MR) is 116 cm³/mol. The number of thioether (sulfide) groups is 1. The van der Waals surface area contributed by atoms with Gasteiger partial charge >= 0.3 is 0 Å². The summed E-state index contributed by atoms with van der Waals surface area (Å²) < 4.78 is 6.37. The van der Waals surface area contributed by atoms with E-state index in [-0.39, 0.29) is 5.91 Å². The average molecular weight is 443 g/mol. The van der Waals surface area contributed by atoms with Gasteiger partial charge in [0, 0.05) is 0 Å². The van der Waals surface area contributed by atoms with E-state index < -0.39 is 0 Å². The number of carbonyl (C=O) groups is 1. The molecule has 2 aromatic carbocycles. The Labute approximate surface area is 171 Å². The Hall–Kier alpha value is -2.31. The van der Waals surface area contributed by atoms with Crippen molar-refractivity contribution in [1.82, 2.24) is 5.32 Å². The van der Waals surface area contributed by atoms with Gasteiger partial charge in [-0.2, -0.15) is 0 Å². The van der Waals surface area contributed by atoms with Crippen LogP contribution in [-0.2, 0) is 11.2 Å². The Kier molecular flexibility index (Phi) is 6.53. The van der Waals surface area contributed by atoms with E-state index in [1.807, 2.05) is 48.5 Å². The fourth-order valence-corrected chi connectivity index (χ4v) is 3.78. The molecule has 0 unspecified atom stereocenters. The highest BCUT2D eigenvalue weighted by atomic mass is 79.9. The standard InChI is InChI=1S/C21H19BrN2O2S/c1-3-11-26-18-10-7-15(12-17(18)22)13-19-20(25)24-21(27-19)23-16-8-5-14(4-2)6-9-16/h3,5-10,12-13H,1,4,11H2,2H3,(H,23,24,25)/b19-13-. The maximum Gasteiger partial charge on any atom is 0.264 e. The zero-order chi connectivity index (χ0) is 19.2. The first-order chi connectivity index (χ1) is 13.1. The van der Waals surface area contributed by atoms with Gasteiger partial charge < -0.3 is 10.1 Å². The number of nitrogens with zero attached hydrogens (tertiary/aromatic N) is 1. The van der Waals surface area contributed by atoms with Crippen molar-refractivity contribution in [3.63, 3.8) is 0 Å². The van der Waals surface area contributed by atoms with Crippen molar-refractivity contribution in [2.24, 2.45) is 4.99 Å². The number of rotatable bonds is 6. The number of hydrogen-bond donors (Lipinski definition) is 1. The molecule has 0 atom stereocenters. The van der Waals surface area contributed by atoms with Gasteiger partial charge in [-0.05, 0) is 75.6 Å². The SMILES string of the molecule is C=CCOc1ccc(/C=C2\SC(=Nc3ccc(CC)cc3)NC2=O)cc1Br. The van der Waals surface area contributed by atoms with E-state index in [4.69, 9.17) is 4.74 Å². The van der Waals surface area contributed by atoms with Crippen molar-refractivity contribution >= 4 is 50.5 Å². The molecule has 2 aromatic rings. The number of ether oxygens (including phenoxy) is 1. The highest BCUT2D eigenvalue weighted by molar-refractivity contribution is 9.10. The molecule has 1 aliphatic rings. The number of aryl methyl sites for hydroxylation is 1. The number of amidine groups is 1. The van der Waals surface area contributed by atoms with Gasteiger partial charge in [0.25, 0.3) is 5.91 Å². The van der Waals surface area contributed by atoms with E-state index in [0.717, 1.165) is 27.9 Å². The van der Waals surface area contributed by atoms with Gasteiger partial charge in [-0.1, -0.05) is 37.8 Å². The molecule has 1 N–H and O–H groups in total. The molecule has 0 saturated carbocycles. The summed E-state index contributed by atoms with van der Waals surface area (Å²) in [6.07, 6.45) is 4.52. The fourth-order valence-electron chi connectivity index (χ4n) is 2.43. The number of benzene rings is 2. The van der Waals surface area contributed by atoms with Crippen LogP contribution in [0.4, 0.5) is 5.69 Å². The molecule has 1 amide bonds. The van der Waals surface area contributed by atoms with Crippen LogP contribution < -0.4 is 10.1 Å². The largest absolute Gasteiger partial charge is 0.488 e. The molecule has 0 spiro atoms. The molecule has 6 heteroatoms. The Morgan fingerprint density at radius 1 is 1.26 bits per heavy atom. The third kappa shape index (κ3) is 5.11. The lowest BCUT2D eigenvalue weighted by Crippen LogP contribution is -2.19. The summed E-state index contributed by atoms with van der Waals surface area (Å²) in [5, 5.41) is 3.40. The van der Waals surface area contributed by atoms with Crippen molar-refractivity contribution in [2.75, 3.05) is 6.61 Å². The van der Waals surface area contributed by atoms with E-state index in [0.29, 0.717) is 16.7 Å². The Morgan fingerprint density at radius 3 is 2.70 bits per heavy atom. The molecular formula is C21H19BrN2O2S. The first-order valence-electron chi connectivity index (χ1n) is 8.51. The highest BCUT2D eigenvalue weighted by Gasteiger charge is 2.23. The Bertz CT molecular complexity index is 920. The third-order valence-corrected chi connectivity index (χ3v) is 5.37. The maximum atomic E-state index is 12.2. The summed E-state index contributed by atoms with van der Waals surface area (Å²) in [7, 11) is 0. The number of hydrogen-bond acceptors (Lipinski definition) is 4. The van der Waals surface area contributed by atoms with Crippen LogP contribution in [0.1, 0.15) is 18.1 Å². The lowest BCUT2D eigenvalue weighted by molar-refractivity contribution is -0.115. The van der Waals surface area contributed by atoms with E-state index in [1.54, 1.807) is 6.08 Å². The molecule has 1 aliphatic heterocycles. The Morgan fingerprint density at radius 2 is 2.04 bits per heavy atom. The zero-order valence-corrected chi connectivity index (χ0v) is 17.3. The van der Waals surface area contributed by atoms with Gasteiger partial charge in [-0.3, -0.25) is 4.79 Å². The van der Waals surface area contributed by atoms with Gasteiger partial charge in [0.15, 0.2) is 5.17 Å². The lowest BCUT2D eigenvalue weighted by Gasteiger charge is -2.06. The molecule has 27 heavy (non-hydrogen) atoms. The minimum absolute atomic E-state index is 0.146. The quantitative estimate of drug-likeness (QED) is 0.476. The van der Waals surface area contributed by atoms with Crippen LogP contribution in [0.25, 0.3) is 6.08 Å². The highest BCUT2D eigenvalue weighted by Crippen LogP contribution is 2.31. The summed E-state index contributed by atoms with van der Waals surface area (Å²) in [6, 6.07) is 13.7. The molecule has 1 saturated heterocycles. The molecule has 1 heterocycles. The molecule has 1 fully saturated rings. The summed E-state index contributed by atoms with van der Waals surface area (Å²) in [5.74, 6) is 0.588. The summed E-state index contributed by atoms with van der Waals surface area (Å²) >= 11 is 4.82. The summed E-state index contributed by atoms with van der Waals surface area (Å²) in [6.45, 7) is 6.19. The van der Waals surface area contributed by atoms with Crippen LogP contribution in [-0.4, -0.2) is 17.7 Å². The number of nitrogens with one attached hydrogen (secondary N) is 1. The molecule has 138 valence electrons. The first-order valence-corrected chi connectivity index (χ1v) is 10.1. The van der Waals surface area contributed by atoms with Crippen LogP contribution in [0, 0.1) is 0 Å². The minimum Gasteiger partial charge on any atom is -0.488 e. The van der Waals surface area contributed by atoms with Gasteiger partial charge in [-0.25, -0.2) is 4.99 Å². The second kappa shape index (κ2) is 9.06. The fraction of sp³-hybridized carbons (Fsp3) is 0.143. The smallest absolute Gasteiger partial charge is 0.264 e. The monoisotopic (exact) mass is 442 g/mol. The van der Waals surface area contributed by atoms with Crippen LogP contribution in [0.3, 0.4) is 0 Å². The van der Waals surface area contributed by atoms with Crippen molar-refractivity contribution in [3.8, 4) is 5.75 Å². The minimum atomic E-state index is -0.146. The lowest BCUT2D eigenvalue weighted by atomic mass is 10.2. The van der Waals surface area contributed by atoms with Gasteiger partial charge in [-0.15, -0.1) is 0 Å². The molecular weight excluding hydrogens is 424 g/mol. The number of amides is 1. The van der Waals surface area contributed by atoms with Crippen molar-refractivity contribution in [2.45, 2.75) is 13.3 Å². The van der Waals surface area contributed by atoms with Crippen LogP contribution in [0.2, 0.25) is 0 Å². The molecule has 3 rings (SSSR count). The van der Waals surface area contributed by atoms with Crippen LogP contribution in [0.5, 0.6) is 5.75 Å². The second-order valence-corrected chi connectivity index (χ2v) is 7.68. The van der Waals surface area contributed by atoms with Crippen LogP contribution in [0.15, 0.2) is 69.5 Å². The van der Waals surface area contributed by atoms with Gasteiger partial charge in [0.05, 0.1) is 15.1 Å². The summed E-state index contributed by atoms with van der Waals surface area (Å²) in [4.78, 5) is 17.4. The normalized spacial score (nSPS) is 16.6. The molecule has 0 bridgehead atoms. The predicted octanol–water partition coefficient (Wildman–Crippen LogP) is 5.47. The molecule has 0 radical (unpaired) electrons. The molecule has 4 nitrogen and oxygen atoms in total. The zero-order valence-electron chi connectivity index (χ0n) is 14.9. The summed E-state index contributed by atoms with van der Waals surface area (Å²) in [5.41, 5.74) is 2.98. The number of carbonyl (C=O) groups excluding carboxylic acids is 1. The van der Waals surface area contributed by atoms with E-state index in [9.17, 15) is 4.79 Å². The van der Waals surface area contributed by atoms with E-state index in [2.05, 4.69) is 39.7 Å². The number of halogens is 1. The molecule has 0 aliphatic carbocycles. The van der Waals surface area contributed by atoms with Crippen molar-refractivity contribution < 1.29 is 9.53 Å². The van der Waals surface area contributed by atoms with Gasteiger partial charge in [0.1, 0.15) is 12.4 Å². The van der Waals surface area contributed by atoms with E-state index in [1.165, 1.54) is 17.3 Å². The second-order valence-electron chi connectivity index (χ2n) is 5.79.